The zero-order valence-corrected chi connectivity index (χ0v) is 19.9. The van der Waals surface area contributed by atoms with Crippen LogP contribution in [-0.2, 0) is 38.8 Å². The van der Waals surface area contributed by atoms with Crippen molar-refractivity contribution in [3.05, 3.63) is 118 Å². The molecule has 35 heavy (non-hydrogen) atoms. The van der Waals surface area contributed by atoms with E-state index in [0.29, 0.717) is 26.4 Å². The summed E-state index contributed by atoms with van der Waals surface area (Å²) in [5.41, 5.74) is 12.5. The summed E-state index contributed by atoms with van der Waals surface area (Å²) < 4.78 is 24.9. The Balaban J connectivity index is 1.49. The third-order valence-electron chi connectivity index (χ3n) is 6.04. The maximum Gasteiger partial charge on any atom is 0.108 e. The summed E-state index contributed by atoms with van der Waals surface area (Å²) in [4.78, 5) is 3.14. The highest BCUT2D eigenvalue weighted by Gasteiger charge is 2.45. The molecule has 5 atom stereocenters. The molecule has 1 aliphatic rings. The van der Waals surface area contributed by atoms with E-state index >= 15 is 0 Å². The first-order chi connectivity index (χ1) is 17.2. The van der Waals surface area contributed by atoms with E-state index < -0.39 is 24.4 Å². The molecule has 0 N–H and O–H groups in total. The maximum absolute atomic E-state index is 9.40. The van der Waals surface area contributed by atoms with Gasteiger partial charge < -0.3 is 18.9 Å². The van der Waals surface area contributed by atoms with Crippen LogP contribution in [0.15, 0.2) is 96.1 Å². The summed E-state index contributed by atoms with van der Waals surface area (Å²) >= 11 is 0. The van der Waals surface area contributed by atoms with Crippen molar-refractivity contribution < 1.29 is 18.9 Å². The smallest absolute Gasteiger partial charge is 0.108 e. The van der Waals surface area contributed by atoms with Crippen molar-refractivity contribution in [2.75, 3.05) is 6.61 Å². The average Bonchev–Trinajstić information content (AvgIpc) is 2.90. The number of hydrogen-bond acceptors (Lipinski definition) is 5. The molecule has 182 valence electrons. The fourth-order valence-electron chi connectivity index (χ4n) is 4.28. The Bertz CT molecular complexity index is 1060. The molecule has 3 aromatic carbocycles. The van der Waals surface area contributed by atoms with Gasteiger partial charge in [-0.25, -0.2) is 0 Å². The molecule has 3 aromatic rings. The van der Waals surface area contributed by atoms with Gasteiger partial charge in [0, 0.05) is 4.91 Å². The minimum absolute atomic E-state index is 0.307. The monoisotopic (exact) mass is 473 g/mol. The van der Waals surface area contributed by atoms with Gasteiger partial charge >= 0.3 is 0 Å². The summed E-state index contributed by atoms with van der Waals surface area (Å²) in [6.45, 7) is 3.45. The first-order valence-corrected chi connectivity index (χ1v) is 11.9. The molecule has 4 rings (SSSR count). The van der Waals surface area contributed by atoms with Crippen LogP contribution in [0.25, 0.3) is 10.4 Å². The van der Waals surface area contributed by atoms with E-state index in [-0.39, 0.29) is 6.10 Å². The lowest BCUT2D eigenvalue weighted by molar-refractivity contribution is -0.218. The van der Waals surface area contributed by atoms with E-state index in [4.69, 9.17) is 18.9 Å². The molecular formula is C28H31N3O4. The topological polar surface area (TPSA) is 85.7 Å². The van der Waals surface area contributed by atoms with Crippen LogP contribution >= 0.6 is 0 Å². The Hall–Kier alpha value is -3.19. The van der Waals surface area contributed by atoms with Crippen LogP contribution in [-0.4, -0.2) is 37.1 Å². The molecule has 0 spiro atoms. The molecule has 1 saturated heterocycles. The van der Waals surface area contributed by atoms with Gasteiger partial charge in [0.15, 0.2) is 0 Å². The third-order valence-corrected chi connectivity index (χ3v) is 6.04. The molecular weight excluding hydrogens is 442 g/mol. The van der Waals surface area contributed by atoms with Crippen molar-refractivity contribution in [2.24, 2.45) is 5.11 Å². The van der Waals surface area contributed by atoms with E-state index in [1.54, 1.807) is 0 Å². The summed E-state index contributed by atoms with van der Waals surface area (Å²) in [5.74, 6) is 0. The maximum atomic E-state index is 9.40. The van der Waals surface area contributed by atoms with Crippen LogP contribution in [0.5, 0.6) is 0 Å². The number of rotatable bonds is 11. The minimum atomic E-state index is -0.568. The average molecular weight is 474 g/mol. The van der Waals surface area contributed by atoms with E-state index in [2.05, 4.69) is 10.0 Å². The van der Waals surface area contributed by atoms with E-state index in [9.17, 15) is 5.53 Å². The predicted octanol–water partition coefficient (Wildman–Crippen LogP) is 5.84. The van der Waals surface area contributed by atoms with Gasteiger partial charge in [-0.15, -0.1) is 0 Å². The quantitative estimate of drug-likeness (QED) is 0.199. The normalized spacial score (nSPS) is 24.0. The van der Waals surface area contributed by atoms with Gasteiger partial charge in [-0.05, 0) is 29.1 Å². The van der Waals surface area contributed by atoms with E-state index in [1.807, 2.05) is 97.9 Å². The van der Waals surface area contributed by atoms with Gasteiger partial charge in [0.25, 0.3) is 0 Å². The summed E-state index contributed by atoms with van der Waals surface area (Å²) in [6, 6.07) is 29.2. The Labute approximate surface area is 206 Å². The first kappa shape index (κ1) is 24.9. The van der Waals surface area contributed by atoms with Crippen molar-refractivity contribution >= 4 is 0 Å². The molecule has 7 nitrogen and oxygen atoms in total. The van der Waals surface area contributed by atoms with E-state index in [0.717, 1.165) is 16.7 Å². The number of hydrogen-bond donors (Lipinski definition) is 0. The van der Waals surface area contributed by atoms with Crippen molar-refractivity contribution in [2.45, 2.75) is 57.2 Å². The molecule has 0 aromatic heterocycles. The minimum Gasteiger partial charge on any atom is -0.374 e. The second kappa shape index (κ2) is 13.0. The molecule has 1 fully saturated rings. The standard InChI is InChI=1S/C28H31N3O4/c1-21-27(33-18-23-13-7-3-8-14-23)26(30-31-29)28(34-19-24-15-9-4-10-16-24)25(35-21)20-32-17-22-11-5-2-6-12-22/h2-16,21,25-28H,17-20H2,1H3/t21-,25?,26?,27?,28-/m0/s1. The van der Waals surface area contributed by atoms with Gasteiger partial charge in [0.2, 0.25) is 0 Å². The largest absolute Gasteiger partial charge is 0.374 e. The molecule has 1 heterocycles. The summed E-state index contributed by atoms with van der Waals surface area (Å²) in [6.07, 6.45) is -1.71. The van der Waals surface area contributed by atoms with Crippen LogP contribution < -0.4 is 0 Å². The molecule has 0 radical (unpaired) electrons. The molecule has 1 aliphatic heterocycles. The van der Waals surface area contributed by atoms with Crippen molar-refractivity contribution in [3.8, 4) is 0 Å². The van der Waals surface area contributed by atoms with Gasteiger partial charge in [-0.1, -0.05) is 96.1 Å². The lowest BCUT2D eigenvalue weighted by atomic mass is 9.93. The fraction of sp³-hybridized carbons (Fsp3) is 0.357. The number of ether oxygens (including phenoxy) is 4. The van der Waals surface area contributed by atoms with Crippen molar-refractivity contribution in [3.63, 3.8) is 0 Å². The highest BCUT2D eigenvalue weighted by molar-refractivity contribution is 5.15. The highest BCUT2D eigenvalue weighted by atomic mass is 16.6. The van der Waals surface area contributed by atoms with Crippen LogP contribution in [0.2, 0.25) is 0 Å². The van der Waals surface area contributed by atoms with Crippen LogP contribution in [0.3, 0.4) is 0 Å². The zero-order chi connectivity index (χ0) is 24.3. The Morgan fingerprint density at radius 2 is 1.23 bits per heavy atom. The lowest BCUT2D eigenvalue weighted by Gasteiger charge is -2.44. The van der Waals surface area contributed by atoms with Crippen LogP contribution in [0, 0.1) is 0 Å². The zero-order valence-electron chi connectivity index (χ0n) is 19.9. The van der Waals surface area contributed by atoms with E-state index in [1.165, 1.54) is 0 Å². The van der Waals surface area contributed by atoms with Crippen molar-refractivity contribution in [1.29, 1.82) is 0 Å². The number of azide groups is 1. The number of nitrogens with zero attached hydrogens (tertiary/aromatic N) is 3. The fourth-order valence-corrected chi connectivity index (χ4v) is 4.28. The molecule has 0 amide bonds. The second-order valence-corrected chi connectivity index (χ2v) is 8.60. The van der Waals surface area contributed by atoms with Gasteiger partial charge in [0.1, 0.15) is 6.10 Å². The summed E-state index contributed by atoms with van der Waals surface area (Å²) in [5, 5.41) is 4.13. The SMILES string of the molecule is C[C@@H]1OC(COCc2ccccc2)[C@H](OCc2ccccc2)C(N=[N+]=[N-])C1OCc1ccccc1. The second-order valence-electron chi connectivity index (χ2n) is 8.60. The van der Waals surface area contributed by atoms with Gasteiger partial charge in [-0.2, -0.15) is 0 Å². The van der Waals surface area contributed by atoms with Gasteiger partial charge in [0.05, 0.1) is 50.8 Å². The Kier molecular flexibility index (Phi) is 9.29. The molecule has 7 heteroatoms. The Morgan fingerprint density at radius 3 is 1.74 bits per heavy atom. The summed E-state index contributed by atoms with van der Waals surface area (Å²) in [7, 11) is 0. The molecule has 0 aliphatic carbocycles. The van der Waals surface area contributed by atoms with Crippen LogP contribution in [0.4, 0.5) is 0 Å². The Morgan fingerprint density at radius 1 is 0.743 bits per heavy atom. The highest BCUT2D eigenvalue weighted by Crippen LogP contribution is 2.30. The third kappa shape index (κ3) is 7.15. The molecule has 3 unspecified atom stereocenters. The molecule has 0 saturated carbocycles. The molecule has 0 bridgehead atoms. The first-order valence-electron chi connectivity index (χ1n) is 11.9. The lowest BCUT2D eigenvalue weighted by Crippen LogP contribution is -2.58. The van der Waals surface area contributed by atoms with Crippen LogP contribution in [0.1, 0.15) is 23.6 Å². The number of benzene rings is 3. The van der Waals surface area contributed by atoms with Crippen molar-refractivity contribution in [1.82, 2.24) is 0 Å². The predicted molar refractivity (Wildman–Crippen MR) is 133 cm³/mol. The van der Waals surface area contributed by atoms with Gasteiger partial charge in [-0.3, -0.25) is 0 Å².